The number of rotatable bonds is 6. The molecule has 0 saturated heterocycles. The summed E-state index contributed by atoms with van der Waals surface area (Å²) in [5.74, 6) is 1.12. The first-order valence-electron chi connectivity index (χ1n) is 7.09. The number of hydrogen-bond donors (Lipinski definition) is 1. The maximum Gasteiger partial charge on any atom is 0.239 e. The number of hydrogen-bond acceptors (Lipinski definition) is 6. The van der Waals surface area contributed by atoms with Crippen molar-refractivity contribution >= 4 is 21.6 Å². The minimum absolute atomic E-state index is 0.0135. The quantitative estimate of drug-likeness (QED) is 0.844. The van der Waals surface area contributed by atoms with E-state index in [4.69, 9.17) is 13.9 Å². The molecule has 1 aliphatic heterocycles. The minimum Gasteiger partial charge on any atom is -0.468 e. The van der Waals surface area contributed by atoms with Crippen LogP contribution in [-0.2, 0) is 21.4 Å². The lowest BCUT2D eigenvalue weighted by molar-refractivity contribution is -0.116. The Kier molecular flexibility index (Phi) is 4.45. The number of benzene rings is 1. The third-order valence-corrected chi connectivity index (χ3v) is 4.55. The van der Waals surface area contributed by atoms with Crippen LogP contribution in [0.25, 0.3) is 0 Å². The average molecular weight is 352 g/mol. The summed E-state index contributed by atoms with van der Waals surface area (Å²) in [6.45, 7) is -0.202. The van der Waals surface area contributed by atoms with Gasteiger partial charge in [-0.3, -0.25) is 4.79 Å². The molecule has 1 amide bonds. The van der Waals surface area contributed by atoms with E-state index >= 15 is 0 Å². The molecule has 1 aromatic carbocycles. The van der Waals surface area contributed by atoms with Crippen LogP contribution in [-0.4, -0.2) is 38.2 Å². The normalized spacial score (nSPS) is 13.2. The predicted molar refractivity (Wildman–Crippen MR) is 85.2 cm³/mol. The second-order valence-corrected chi connectivity index (χ2v) is 7.21. The standard InChI is InChI=1S/C15H16N2O6S/c1-24(19,20)17(8-12-3-2-6-21-12)9-15(18)16-11-4-5-13-14(7-11)23-10-22-13/h2-7H,8-10H2,1H3,(H,16,18). The monoisotopic (exact) mass is 352 g/mol. The Morgan fingerprint density at radius 2 is 2.04 bits per heavy atom. The SMILES string of the molecule is CS(=O)(=O)N(CC(=O)Nc1ccc2c(c1)OCO2)Cc1ccco1. The molecule has 0 spiro atoms. The number of carbonyl (C=O) groups is 1. The Bertz CT molecular complexity index is 832. The molecule has 2 aromatic rings. The van der Waals surface area contributed by atoms with Gasteiger partial charge in [0.05, 0.1) is 25.6 Å². The Labute approximate surface area is 139 Å². The molecular weight excluding hydrogens is 336 g/mol. The predicted octanol–water partition coefficient (Wildman–Crippen LogP) is 1.41. The van der Waals surface area contributed by atoms with E-state index in [1.54, 1.807) is 30.3 Å². The highest BCUT2D eigenvalue weighted by Gasteiger charge is 2.22. The van der Waals surface area contributed by atoms with Crippen molar-refractivity contribution in [3.63, 3.8) is 0 Å². The lowest BCUT2D eigenvalue weighted by Gasteiger charge is -2.18. The Morgan fingerprint density at radius 1 is 1.25 bits per heavy atom. The van der Waals surface area contributed by atoms with E-state index < -0.39 is 15.9 Å². The van der Waals surface area contributed by atoms with Gasteiger partial charge in [0.1, 0.15) is 5.76 Å². The molecule has 0 fully saturated rings. The topological polar surface area (TPSA) is 98.1 Å². The molecule has 0 unspecified atom stereocenters. The fourth-order valence-corrected chi connectivity index (χ4v) is 2.92. The van der Waals surface area contributed by atoms with E-state index in [1.807, 2.05) is 0 Å². The van der Waals surface area contributed by atoms with Crippen molar-refractivity contribution in [2.24, 2.45) is 0 Å². The van der Waals surface area contributed by atoms with Gasteiger partial charge in [-0.1, -0.05) is 0 Å². The summed E-state index contributed by atoms with van der Waals surface area (Å²) >= 11 is 0. The zero-order valence-corrected chi connectivity index (χ0v) is 13.7. The first-order valence-corrected chi connectivity index (χ1v) is 8.93. The summed E-state index contributed by atoms with van der Waals surface area (Å²) in [5.41, 5.74) is 0.496. The molecule has 24 heavy (non-hydrogen) atoms. The summed E-state index contributed by atoms with van der Waals surface area (Å²) in [6.07, 6.45) is 2.49. The van der Waals surface area contributed by atoms with Crippen LogP contribution in [0.4, 0.5) is 5.69 Å². The number of carbonyl (C=O) groups excluding carboxylic acids is 1. The van der Waals surface area contributed by atoms with Gasteiger partial charge < -0.3 is 19.2 Å². The largest absolute Gasteiger partial charge is 0.468 e. The van der Waals surface area contributed by atoms with Gasteiger partial charge in [-0.05, 0) is 24.3 Å². The maximum atomic E-state index is 12.2. The van der Waals surface area contributed by atoms with Gasteiger partial charge in [-0.2, -0.15) is 4.31 Å². The van der Waals surface area contributed by atoms with Gasteiger partial charge in [-0.25, -0.2) is 8.42 Å². The van der Waals surface area contributed by atoms with Gasteiger partial charge in [-0.15, -0.1) is 0 Å². The highest BCUT2D eigenvalue weighted by molar-refractivity contribution is 7.88. The molecule has 1 aromatic heterocycles. The molecule has 3 rings (SSSR count). The van der Waals surface area contributed by atoms with Crippen molar-refractivity contribution in [1.82, 2.24) is 4.31 Å². The third-order valence-electron chi connectivity index (χ3n) is 3.36. The molecular formula is C15H16N2O6S. The Hall–Kier alpha value is -2.52. The second kappa shape index (κ2) is 6.54. The zero-order chi connectivity index (χ0) is 17.2. The number of nitrogens with zero attached hydrogens (tertiary/aromatic N) is 1. The molecule has 0 radical (unpaired) electrons. The number of ether oxygens (including phenoxy) is 2. The smallest absolute Gasteiger partial charge is 0.239 e. The van der Waals surface area contributed by atoms with E-state index in [9.17, 15) is 13.2 Å². The van der Waals surface area contributed by atoms with E-state index in [0.717, 1.165) is 10.6 Å². The third kappa shape index (κ3) is 3.87. The summed E-state index contributed by atoms with van der Waals surface area (Å²) in [6, 6.07) is 8.26. The van der Waals surface area contributed by atoms with Gasteiger partial charge in [0.2, 0.25) is 22.7 Å². The van der Waals surface area contributed by atoms with Crippen molar-refractivity contribution in [3.8, 4) is 11.5 Å². The second-order valence-electron chi connectivity index (χ2n) is 5.23. The van der Waals surface area contributed by atoms with Crippen LogP contribution in [0, 0.1) is 0 Å². The highest BCUT2D eigenvalue weighted by atomic mass is 32.2. The molecule has 128 valence electrons. The number of amides is 1. The van der Waals surface area contributed by atoms with Crippen LogP contribution in [0.2, 0.25) is 0 Å². The highest BCUT2D eigenvalue weighted by Crippen LogP contribution is 2.34. The van der Waals surface area contributed by atoms with Crippen molar-refractivity contribution in [3.05, 3.63) is 42.4 Å². The Morgan fingerprint density at radius 3 is 2.75 bits per heavy atom. The van der Waals surface area contributed by atoms with Gasteiger partial charge in [0.15, 0.2) is 11.5 Å². The molecule has 2 heterocycles. The van der Waals surface area contributed by atoms with Gasteiger partial charge >= 0.3 is 0 Å². The van der Waals surface area contributed by atoms with E-state index in [2.05, 4.69) is 5.32 Å². The summed E-state index contributed by atoms with van der Waals surface area (Å²) < 4.78 is 40.3. The van der Waals surface area contributed by atoms with Crippen LogP contribution in [0.5, 0.6) is 11.5 Å². The van der Waals surface area contributed by atoms with Crippen molar-refractivity contribution in [2.45, 2.75) is 6.54 Å². The molecule has 8 nitrogen and oxygen atoms in total. The molecule has 0 saturated carbocycles. The minimum atomic E-state index is -3.57. The van der Waals surface area contributed by atoms with E-state index in [-0.39, 0.29) is 19.9 Å². The van der Waals surface area contributed by atoms with Gasteiger partial charge in [0.25, 0.3) is 0 Å². The van der Waals surface area contributed by atoms with E-state index in [0.29, 0.717) is 22.9 Å². The van der Waals surface area contributed by atoms with Crippen molar-refractivity contribution in [2.75, 3.05) is 24.9 Å². The van der Waals surface area contributed by atoms with Crippen LogP contribution in [0.3, 0.4) is 0 Å². The fraction of sp³-hybridized carbons (Fsp3) is 0.267. The Balaban J connectivity index is 1.67. The van der Waals surface area contributed by atoms with Gasteiger partial charge in [0, 0.05) is 11.8 Å². The lowest BCUT2D eigenvalue weighted by Crippen LogP contribution is -2.36. The van der Waals surface area contributed by atoms with Crippen molar-refractivity contribution < 1.29 is 27.1 Å². The molecule has 0 aliphatic carbocycles. The number of sulfonamides is 1. The number of anilines is 1. The number of furan rings is 1. The van der Waals surface area contributed by atoms with Crippen LogP contribution in [0.1, 0.15) is 5.76 Å². The fourth-order valence-electron chi connectivity index (χ4n) is 2.20. The lowest BCUT2D eigenvalue weighted by atomic mass is 10.3. The molecule has 1 aliphatic rings. The molecule has 1 N–H and O–H groups in total. The summed E-state index contributed by atoms with van der Waals surface area (Å²) in [4.78, 5) is 12.2. The van der Waals surface area contributed by atoms with Crippen LogP contribution >= 0.6 is 0 Å². The molecule has 0 bridgehead atoms. The number of nitrogens with one attached hydrogen (secondary N) is 1. The zero-order valence-electron chi connectivity index (χ0n) is 12.9. The van der Waals surface area contributed by atoms with Crippen molar-refractivity contribution in [1.29, 1.82) is 0 Å². The van der Waals surface area contributed by atoms with Crippen LogP contribution in [0.15, 0.2) is 41.0 Å². The molecule has 0 atom stereocenters. The van der Waals surface area contributed by atoms with E-state index in [1.165, 1.54) is 6.26 Å². The summed E-state index contributed by atoms with van der Waals surface area (Å²) in [5, 5.41) is 2.64. The molecule has 9 heteroatoms. The average Bonchev–Trinajstić information content (AvgIpc) is 3.16. The maximum absolute atomic E-state index is 12.2. The first-order chi connectivity index (χ1) is 11.4. The summed E-state index contributed by atoms with van der Waals surface area (Å²) in [7, 11) is -3.57. The van der Waals surface area contributed by atoms with Crippen LogP contribution < -0.4 is 14.8 Å². The number of fused-ring (bicyclic) bond motifs is 1. The first kappa shape index (κ1) is 16.3.